The van der Waals surface area contributed by atoms with E-state index in [4.69, 9.17) is 5.73 Å². The van der Waals surface area contributed by atoms with E-state index in [1.807, 2.05) is 6.92 Å². The SMILES string of the molecule is CCCC(N)C(=O)NCc1ccc(-n2ccc(C(F)(F)F)n2)cc1.Cl. The number of rotatable bonds is 6. The van der Waals surface area contributed by atoms with E-state index in [9.17, 15) is 18.0 Å². The molecule has 0 fully saturated rings. The molecule has 0 radical (unpaired) electrons. The summed E-state index contributed by atoms with van der Waals surface area (Å²) in [6.45, 7) is 2.26. The predicted octanol–water partition coefficient (Wildman–Crippen LogP) is 3.06. The molecule has 0 aliphatic heterocycles. The number of alkyl halides is 3. The van der Waals surface area contributed by atoms with Crippen molar-refractivity contribution in [2.24, 2.45) is 5.73 Å². The van der Waals surface area contributed by atoms with Crippen LogP contribution in [0.3, 0.4) is 0 Å². The fraction of sp³-hybridized carbons (Fsp3) is 0.375. The van der Waals surface area contributed by atoms with Gasteiger partial charge < -0.3 is 11.1 Å². The van der Waals surface area contributed by atoms with E-state index in [2.05, 4.69) is 10.4 Å². The maximum Gasteiger partial charge on any atom is 0.435 e. The zero-order valence-corrected chi connectivity index (χ0v) is 14.4. The highest BCUT2D eigenvalue weighted by Gasteiger charge is 2.33. The van der Waals surface area contributed by atoms with Crippen molar-refractivity contribution in [1.82, 2.24) is 15.1 Å². The zero-order chi connectivity index (χ0) is 17.7. The molecule has 1 aromatic heterocycles. The van der Waals surface area contributed by atoms with Crippen LogP contribution in [0.15, 0.2) is 36.5 Å². The van der Waals surface area contributed by atoms with Crippen LogP contribution in [0.2, 0.25) is 0 Å². The van der Waals surface area contributed by atoms with Gasteiger partial charge in [0.15, 0.2) is 5.69 Å². The highest BCUT2D eigenvalue weighted by molar-refractivity contribution is 5.85. The summed E-state index contributed by atoms with van der Waals surface area (Å²) >= 11 is 0. The van der Waals surface area contributed by atoms with Gasteiger partial charge in [-0.1, -0.05) is 25.5 Å². The lowest BCUT2D eigenvalue weighted by Gasteiger charge is -2.11. The molecule has 0 aliphatic carbocycles. The number of amides is 1. The summed E-state index contributed by atoms with van der Waals surface area (Å²) in [5.74, 6) is -0.220. The number of nitrogens with zero attached hydrogens (tertiary/aromatic N) is 2. The highest BCUT2D eigenvalue weighted by Crippen LogP contribution is 2.27. The third kappa shape index (κ3) is 5.75. The van der Waals surface area contributed by atoms with Crippen LogP contribution in [0.1, 0.15) is 31.0 Å². The summed E-state index contributed by atoms with van der Waals surface area (Å²) in [4.78, 5) is 11.7. The fourth-order valence-electron chi connectivity index (χ4n) is 2.15. The lowest BCUT2D eigenvalue weighted by atomic mass is 10.1. The van der Waals surface area contributed by atoms with Crippen molar-refractivity contribution in [1.29, 1.82) is 0 Å². The summed E-state index contributed by atoms with van der Waals surface area (Å²) in [5.41, 5.74) is 6.09. The Morgan fingerprint density at radius 3 is 2.44 bits per heavy atom. The summed E-state index contributed by atoms with van der Waals surface area (Å²) in [7, 11) is 0. The van der Waals surface area contributed by atoms with E-state index in [1.54, 1.807) is 24.3 Å². The van der Waals surface area contributed by atoms with Crippen LogP contribution in [0.5, 0.6) is 0 Å². The van der Waals surface area contributed by atoms with Gasteiger partial charge in [-0.05, 0) is 30.2 Å². The molecular formula is C16H20ClF3N4O. The molecule has 0 saturated carbocycles. The number of halogens is 4. The quantitative estimate of drug-likeness (QED) is 0.813. The smallest absolute Gasteiger partial charge is 0.351 e. The number of hydrogen-bond donors (Lipinski definition) is 2. The number of benzene rings is 1. The minimum absolute atomic E-state index is 0. The van der Waals surface area contributed by atoms with Crippen molar-refractivity contribution < 1.29 is 18.0 Å². The molecule has 2 rings (SSSR count). The van der Waals surface area contributed by atoms with Crippen molar-refractivity contribution in [3.63, 3.8) is 0 Å². The number of aromatic nitrogens is 2. The van der Waals surface area contributed by atoms with Crippen LogP contribution in [0.25, 0.3) is 5.69 Å². The number of carbonyl (C=O) groups is 1. The Hall–Kier alpha value is -2.06. The van der Waals surface area contributed by atoms with Crippen molar-refractivity contribution >= 4 is 18.3 Å². The Labute approximate surface area is 149 Å². The standard InChI is InChI=1S/C16H19F3N4O.ClH/c1-2-3-13(20)15(24)21-10-11-4-6-12(7-5-11)23-9-8-14(22-23)16(17,18)19;/h4-9,13H,2-3,10,20H2,1H3,(H,21,24);1H. The van der Waals surface area contributed by atoms with Gasteiger partial charge in [0, 0.05) is 12.7 Å². The minimum atomic E-state index is -4.47. The Balaban J connectivity index is 0.00000312. The normalized spacial score (nSPS) is 12.4. The van der Waals surface area contributed by atoms with Gasteiger partial charge in [-0.15, -0.1) is 12.4 Å². The molecule has 1 unspecified atom stereocenters. The molecule has 3 N–H and O–H groups in total. The number of nitrogens with one attached hydrogen (secondary N) is 1. The molecule has 0 aliphatic rings. The van der Waals surface area contributed by atoms with Gasteiger partial charge in [0.25, 0.3) is 0 Å². The van der Waals surface area contributed by atoms with Gasteiger partial charge >= 0.3 is 6.18 Å². The van der Waals surface area contributed by atoms with Crippen molar-refractivity contribution in [3.8, 4) is 5.69 Å². The van der Waals surface area contributed by atoms with Crippen LogP contribution >= 0.6 is 12.4 Å². The van der Waals surface area contributed by atoms with Crippen molar-refractivity contribution in [2.45, 2.75) is 38.5 Å². The average molecular weight is 377 g/mol. The fourth-order valence-corrected chi connectivity index (χ4v) is 2.15. The van der Waals surface area contributed by atoms with Gasteiger partial charge in [-0.2, -0.15) is 18.3 Å². The van der Waals surface area contributed by atoms with E-state index >= 15 is 0 Å². The molecule has 1 amide bonds. The molecule has 2 aromatic rings. The van der Waals surface area contributed by atoms with Gasteiger partial charge in [0.2, 0.25) is 5.91 Å². The maximum absolute atomic E-state index is 12.6. The first-order chi connectivity index (χ1) is 11.3. The van der Waals surface area contributed by atoms with E-state index in [1.165, 1.54) is 6.20 Å². The number of hydrogen-bond acceptors (Lipinski definition) is 3. The van der Waals surface area contributed by atoms with Crippen LogP contribution in [-0.2, 0) is 17.5 Å². The summed E-state index contributed by atoms with van der Waals surface area (Å²) in [6.07, 6.45) is -1.77. The van der Waals surface area contributed by atoms with Gasteiger partial charge in [-0.3, -0.25) is 4.79 Å². The molecular weight excluding hydrogens is 357 g/mol. The van der Waals surface area contributed by atoms with E-state index in [-0.39, 0.29) is 18.3 Å². The topological polar surface area (TPSA) is 72.9 Å². The molecule has 0 saturated heterocycles. The summed E-state index contributed by atoms with van der Waals surface area (Å²) in [6, 6.07) is 7.11. The first-order valence-corrected chi connectivity index (χ1v) is 7.56. The van der Waals surface area contributed by atoms with Gasteiger partial charge in [0.05, 0.1) is 11.7 Å². The monoisotopic (exact) mass is 376 g/mol. The second-order valence-corrected chi connectivity index (χ2v) is 5.42. The van der Waals surface area contributed by atoms with Gasteiger partial charge in [-0.25, -0.2) is 4.68 Å². The van der Waals surface area contributed by atoms with Crippen molar-refractivity contribution in [2.75, 3.05) is 0 Å². The Kier molecular flexibility index (Phi) is 7.44. The minimum Gasteiger partial charge on any atom is -0.351 e. The molecule has 138 valence electrons. The summed E-state index contributed by atoms with van der Waals surface area (Å²) in [5, 5.41) is 6.24. The third-order valence-electron chi connectivity index (χ3n) is 3.48. The zero-order valence-electron chi connectivity index (χ0n) is 13.6. The van der Waals surface area contributed by atoms with E-state index in [0.29, 0.717) is 18.7 Å². The summed E-state index contributed by atoms with van der Waals surface area (Å²) < 4.78 is 38.8. The largest absolute Gasteiger partial charge is 0.435 e. The van der Waals surface area contributed by atoms with Crippen LogP contribution in [0, 0.1) is 0 Å². The molecule has 1 aromatic carbocycles. The predicted molar refractivity (Wildman–Crippen MR) is 90.5 cm³/mol. The number of nitrogens with two attached hydrogens (primary N) is 1. The van der Waals surface area contributed by atoms with Crippen LogP contribution in [0.4, 0.5) is 13.2 Å². The Bertz CT molecular complexity index is 685. The molecule has 25 heavy (non-hydrogen) atoms. The molecule has 1 heterocycles. The molecule has 5 nitrogen and oxygen atoms in total. The molecule has 0 spiro atoms. The Morgan fingerprint density at radius 2 is 1.92 bits per heavy atom. The van der Waals surface area contributed by atoms with E-state index < -0.39 is 17.9 Å². The van der Waals surface area contributed by atoms with Crippen LogP contribution < -0.4 is 11.1 Å². The first kappa shape index (κ1) is 21.0. The maximum atomic E-state index is 12.6. The second kappa shape index (κ2) is 8.87. The van der Waals surface area contributed by atoms with E-state index in [0.717, 1.165) is 22.7 Å². The van der Waals surface area contributed by atoms with Crippen LogP contribution in [-0.4, -0.2) is 21.7 Å². The molecule has 1 atom stereocenters. The first-order valence-electron chi connectivity index (χ1n) is 7.56. The third-order valence-corrected chi connectivity index (χ3v) is 3.48. The average Bonchev–Trinajstić information content (AvgIpc) is 3.03. The lowest BCUT2D eigenvalue weighted by Crippen LogP contribution is -2.40. The van der Waals surface area contributed by atoms with Gasteiger partial charge in [0.1, 0.15) is 0 Å². The lowest BCUT2D eigenvalue weighted by molar-refractivity contribution is -0.141. The highest BCUT2D eigenvalue weighted by atomic mass is 35.5. The second-order valence-electron chi connectivity index (χ2n) is 5.42. The number of carbonyl (C=O) groups excluding carboxylic acids is 1. The van der Waals surface area contributed by atoms with Crippen molar-refractivity contribution in [3.05, 3.63) is 47.8 Å². The molecule has 9 heteroatoms. The molecule has 0 bridgehead atoms. The Morgan fingerprint density at radius 1 is 1.28 bits per heavy atom.